The molecule has 5 heteroatoms. The van der Waals surface area contributed by atoms with Crippen LogP contribution < -0.4 is 0 Å². The normalized spacial score (nSPS) is 11.4. The van der Waals surface area contributed by atoms with Gasteiger partial charge < -0.3 is 4.74 Å². The molecule has 0 aromatic heterocycles. The van der Waals surface area contributed by atoms with Crippen molar-refractivity contribution < 1.29 is 17.9 Å². The number of rotatable bonds is 4. The van der Waals surface area contributed by atoms with E-state index in [-0.39, 0.29) is 0 Å². The predicted molar refractivity (Wildman–Crippen MR) is 60.8 cm³/mol. The summed E-state index contributed by atoms with van der Waals surface area (Å²) >= 11 is 0. The van der Waals surface area contributed by atoms with Crippen molar-refractivity contribution >= 4 is 15.8 Å². The zero-order valence-corrected chi connectivity index (χ0v) is 10.0. The second-order valence-corrected chi connectivity index (χ2v) is 6.13. The molecule has 4 nitrogen and oxygen atoms in total. The average Bonchev–Trinajstić information content (AvgIpc) is 2.27. The van der Waals surface area contributed by atoms with E-state index >= 15 is 0 Å². The fourth-order valence-electron chi connectivity index (χ4n) is 0.929. The summed E-state index contributed by atoms with van der Waals surface area (Å²) in [5, 5.41) is -0.545. The number of benzene rings is 1. The Morgan fingerprint density at radius 2 is 1.81 bits per heavy atom. The molecule has 0 aliphatic heterocycles. The third-order valence-electron chi connectivity index (χ3n) is 2.08. The van der Waals surface area contributed by atoms with Crippen molar-refractivity contribution in [1.29, 1.82) is 0 Å². The van der Waals surface area contributed by atoms with Gasteiger partial charge in [-0.2, -0.15) is 0 Å². The Balaban J connectivity index is 2.62. The van der Waals surface area contributed by atoms with Gasteiger partial charge in [0.05, 0.1) is 10.8 Å². The van der Waals surface area contributed by atoms with E-state index in [1.165, 1.54) is 0 Å². The molecule has 0 heterocycles. The third kappa shape index (κ3) is 3.34. The summed E-state index contributed by atoms with van der Waals surface area (Å²) in [5.74, 6) is -1.19. The molecule has 1 rings (SSSR count). The number of hydrogen-bond acceptors (Lipinski definition) is 4. The van der Waals surface area contributed by atoms with E-state index in [4.69, 9.17) is 4.74 Å². The fourth-order valence-corrected chi connectivity index (χ4v) is 1.47. The molecule has 1 aromatic rings. The zero-order valence-electron chi connectivity index (χ0n) is 9.21. The van der Waals surface area contributed by atoms with Crippen molar-refractivity contribution in [1.82, 2.24) is 0 Å². The summed E-state index contributed by atoms with van der Waals surface area (Å²) in [6.45, 7) is 3.09. The van der Waals surface area contributed by atoms with E-state index < -0.39 is 27.0 Å². The molecule has 0 spiro atoms. The summed E-state index contributed by atoms with van der Waals surface area (Å²) in [6.07, 6.45) is 0. The molecule has 0 amide bonds. The van der Waals surface area contributed by atoms with E-state index in [1.54, 1.807) is 44.2 Å². The van der Waals surface area contributed by atoms with Crippen LogP contribution in [0.1, 0.15) is 24.2 Å². The summed E-state index contributed by atoms with van der Waals surface area (Å²) in [7, 11) is -3.34. The summed E-state index contributed by atoms with van der Waals surface area (Å²) in [4.78, 5) is 11.4. The Morgan fingerprint density at radius 1 is 1.25 bits per heavy atom. The highest BCUT2D eigenvalue weighted by Gasteiger charge is 2.18. The highest BCUT2D eigenvalue weighted by atomic mass is 32.2. The fraction of sp³-hybridized carbons (Fsp3) is 0.364. The molecule has 1 aromatic carbocycles. The lowest BCUT2D eigenvalue weighted by molar-refractivity contribution is 0.0571. The Morgan fingerprint density at radius 3 is 2.31 bits per heavy atom. The van der Waals surface area contributed by atoms with Crippen molar-refractivity contribution in [3.63, 3.8) is 0 Å². The standard InChI is InChI=1S/C11H14O4S/c1-9(2)16(13,14)8-15-11(12)10-6-4-3-5-7-10/h3-7,9H,8H2,1-2H3. The van der Waals surface area contributed by atoms with Crippen molar-refractivity contribution in [2.75, 3.05) is 5.94 Å². The molecule has 0 saturated carbocycles. The smallest absolute Gasteiger partial charge is 0.339 e. The first-order valence-corrected chi connectivity index (χ1v) is 6.59. The number of sulfone groups is 1. The van der Waals surface area contributed by atoms with Crippen LogP contribution in [-0.4, -0.2) is 25.6 Å². The van der Waals surface area contributed by atoms with Crippen molar-refractivity contribution in [2.45, 2.75) is 19.1 Å². The molecule has 16 heavy (non-hydrogen) atoms. The van der Waals surface area contributed by atoms with E-state index in [2.05, 4.69) is 0 Å². The van der Waals surface area contributed by atoms with E-state index in [0.29, 0.717) is 5.56 Å². The highest BCUT2D eigenvalue weighted by molar-refractivity contribution is 7.91. The molecule has 0 saturated heterocycles. The molecule has 0 N–H and O–H groups in total. The second-order valence-electron chi connectivity index (χ2n) is 3.63. The zero-order chi connectivity index (χ0) is 12.2. The number of carbonyl (C=O) groups is 1. The van der Waals surface area contributed by atoms with Crippen LogP contribution in [0.3, 0.4) is 0 Å². The van der Waals surface area contributed by atoms with Crippen LogP contribution in [0.2, 0.25) is 0 Å². The van der Waals surface area contributed by atoms with Crippen LogP contribution in [0.25, 0.3) is 0 Å². The maximum atomic E-state index is 11.4. The molecule has 0 unspecified atom stereocenters. The summed E-state index contributed by atoms with van der Waals surface area (Å²) in [5.41, 5.74) is 0.349. The van der Waals surface area contributed by atoms with Gasteiger partial charge in [-0.15, -0.1) is 0 Å². The lowest BCUT2D eigenvalue weighted by Gasteiger charge is -2.08. The number of hydrogen-bond donors (Lipinski definition) is 0. The van der Waals surface area contributed by atoms with Gasteiger partial charge in [-0.1, -0.05) is 18.2 Å². The molecule has 0 atom stereocenters. The van der Waals surface area contributed by atoms with Crippen LogP contribution >= 0.6 is 0 Å². The molecule has 0 bridgehead atoms. The predicted octanol–water partition coefficient (Wildman–Crippen LogP) is 1.62. The first-order valence-electron chi connectivity index (χ1n) is 4.87. The van der Waals surface area contributed by atoms with Crippen LogP contribution in [0.4, 0.5) is 0 Å². The molecular weight excluding hydrogens is 228 g/mol. The summed E-state index contributed by atoms with van der Waals surface area (Å²) < 4.78 is 27.5. The molecule has 0 fully saturated rings. The molecular formula is C11H14O4S. The van der Waals surface area contributed by atoms with Gasteiger partial charge in [0.1, 0.15) is 0 Å². The number of esters is 1. The van der Waals surface area contributed by atoms with E-state index in [1.807, 2.05) is 0 Å². The van der Waals surface area contributed by atoms with Crippen LogP contribution in [-0.2, 0) is 14.6 Å². The Labute approximate surface area is 95.2 Å². The number of ether oxygens (including phenoxy) is 1. The topological polar surface area (TPSA) is 60.4 Å². The minimum absolute atomic E-state index is 0.349. The Kier molecular flexibility index (Phi) is 4.06. The second kappa shape index (κ2) is 5.12. The quantitative estimate of drug-likeness (QED) is 0.753. The third-order valence-corrected chi connectivity index (χ3v) is 3.96. The van der Waals surface area contributed by atoms with E-state index in [0.717, 1.165) is 0 Å². The maximum absolute atomic E-state index is 11.4. The van der Waals surface area contributed by atoms with Crippen LogP contribution in [0, 0.1) is 0 Å². The van der Waals surface area contributed by atoms with Crippen molar-refractivity contribution in [2.24, 2.45) is 0 Å². The molecule has 0 aliphatic carbocycles. The van der Waals surface area contributed by atoms with Gasteiger partial charge in [-0.3, -0.25) is 0 Å². The lowest BCUT2D eigenvalue weighted by atomic mass is 10.2. The van der Waals surface area contributed by atoms with Gasteiger partial charge in [-0.05, 0) is 26.0 Å². The lowest BCUT2D eigenvalue weighted by Crippen LogP contribution is -2.21. The van der Waals surface area contributed by atoms with Crippen LogP contribution in [0.5, 0.6) is 0 Å². The Hall–Kier alpha value is -1.36. The van der Waals surface area contributed by atoms with Gasteiger partial charge >= 0.3 is 5.97 Å². The van der Waals surface area contributed by atoms with Gasteiger partial charge in [0.15, 0.2) is 15.8 Å². The van der Waals surface area contributed by atoms with Crippen molar-refractivity contribution in [3.05, 3.63) is 35.9 Å². The highest BCUT2D eigenvalue weighted by Crippen LogP contribution is 2.05. The van der Waals surface area contributed by atoms with Gasteiger partial charge in [-0.25, -0.2) is 13.2 Å². The maximum Gasteiger partial charge on any atom is 0.339 e. The van der Waals surface area contributed by atoms with E-state index in [9.17, 15) is 13.2 Å². The minimum Gasteiger partial charge on any atom is -0.446 e. The average molecular weight is 242 g/mol. The monoisotopic (exact) mass is 242 g/mol. The Bertz CT molecular complexity index is 448. The van der Waals surface area contributed by atoms with Gasteiger partial charge in [0, 0.05) is 0 Å². The molecule has 0 radical (unpaired) electrons. The van der Waals surface area contributed by atoms with Crippen molar-refractivity contribution in [3.8, 4) is 0 Å². The SMILES string of the molecule is CC(C)S(=O)(=O)COC(=O)c1ccccc1. The van der Waals surface area contributed by atoms with Gasteiger partial charge in [0.25, 0.3) is 0 Å². The largest absolute Gasteiger partial charge is 0.446 e. The minimum atomic E-state index is -3.34. The summed E-state index contributed by atoms with van der Waals surface area (Å²) in [6, 6.07) is 8.29. The first-order chi connectivity index (χ1) is 7.43. The van der Waals surface area contributed by atoms with Gasteiger partial charge in [0.2, 0.25) is 0 Å². The number of carbonyl (C=O) groups excluding carboxylic acids is 1. The first kappa shape index (κ1) is 12.7. The molecule has 88 valence electrons. The van der Waals surface area contributed by atoms with Crippen LogP contribution in [0.15, 0.2) is 30.3 Å². The molecule has 0 aliphatic rings.